The molecule has 0 saturated heterocycles. The van der Waals surface area contributed by atoms with Crippen molar-refractivity contribution >= 4 is 0 Å². The number of aliphatic hydroxyl groups excluding tert-OH is 1. The molecule has 1 atom stereocenters. The van der Waals surface area contributed by atoms with Crippen LogP contribution in [0.1, 0.15) is 39.5 Å². The van der Waals surface area contributed by atoms with Crippen LogP contribution in [0.2, 0.25) is 0 Å². The highest BCUT2D eigenvalue weighted by molar-refractivity contribution is 5.44. The Kier molecular flexibility index (Phi) is 3.53. The lowest BCUT2D eigenvalue weighted by atomic mass is 9.90. The molecular formula is C17H20O. The molecule has 94 valence electrons. The van der Waals surface area contributed by atoms with Crippen molar-refractivity contribution < 1.29 is 5.11 Å². The van der Waals surface area contributed by atoms with Crippen LogP contribution in [0.5, 0.6) is 0 Å². The van der Waals surface area contributed by atoms with Gasteiger partial charge in [-0.2, -0.15) is 0 Å². The Bertz CT molecular complexity index is 547. The summed E-state index contributed by atoms with van der Waals surface area (Å²) in [6.07, 6.45) is -0.535. The van der Waals surface area contributed by atoms with Gasteiger partial charge in [-0.3, -0.25) is 0 Å². The maximum absolute atomic E-state index is 10.6. The Morgan fingerprint density at radius 3 is 1.94 bits per heavy atom. The van der Waals surface area contributed by atoms with E-state index < -0.39 is 6.10 Å². The van der Waals surface area contributed by atoms with Gasteiger partial charge in [0.1, 0.15) is 6.10 Å². The van der Waals surface area contributed by atoms with Crippen LogP contribution in [0, 0.1) is 27.7 Å². The van der Waals surface area contributed by atoms with E-state index in [2.05, 4.69) is 32.9 Å². The molecule has 0 aliphatic rings. The van der Waals surface area contributed by atoms with Crippen molar-refractivity contribution in [3.63, 3.8) is 0 Å². The molecule has 1 nitrogen and oxygen atoms in total. The molecule has 0 aliphatic carbocycles. The second-order valence-corrected chi connectivity index (χ2v) is 5.07. The first-order chi connectivity index (χ1) is 8.50. The Labute approximate surface area is 109 Å². The first-order valence-corrected chi connectivity index (χ1v) is 6.32. The summed E-state index contributed by atoms with van der Waals surface area (Å²) in [5, 5.41) is 10.6. The minimum atomic E-state index is -0.535. The highest BCUT2D eigenvalue weighted by atomic mass is 16.3. The molecule has 2 rings (SSSR count). The van der Waals surface area contributed by atoms with Crippen molar-refractivity contribution in [3.05, 3.63) is 69.8 Å². The second-order valence-electron chi connectivity index (χ2n) is 5.07. The van der Waals surface area contributed by atoms with Crippen LogP contribution in [-0.2, 0) is 0 Å². The van der Waals surface area contributed by atoms with E-state index in [1.807, 2.05) is 31.2 Å². The molecule has 18 heavy (non-hydrogen) atoms. The molecule has 0 heterocycles. The molecule has 0 fully saturated rings. The quantitative estimate of drug-likeness (QED) is 0.841. The van der Waals surface area contributed by atoms with Gasteiger partial charge in [-0.25, -0.2) is 0 Å². The zero-order chi connectivity index (χ0) is 13.3. The molecule has 0 saturated carbocycles. The number of hydrogen-bond donors (Lipinski definition) is 1. The number of hydrogen-bond acceptors (Lipinski definition) is 1. The number of aryl methyl sites for hydroxylation is 4. The Hall–Kier alpha value is -1.60. The van der Waals surface area contributed by atoms with Gasteiger partial charge in [0, 0.05) is 0 Å². The maximum atomic E-state index is 10.6. The van der Waals surface area contributed by atoms with E-state index in [1.165, 1.54) is 5.56 Å². The lowest BCUT2D eigenvalue weighted by molar-refractivity contribution is 0.218. The van der Waals surface area contributed by atoms with Gasteiger partial charge >= 0.3 is 0 Å². The van der Waals surface area contributed by atoms with Crippen molar-refractivity contribution in [1.29, 1.82) is 0 Å². The van der Waals surface area contributed by atoms with E-state index in [0.29, 0.717) is 0 Å². The molecule has 0 spiro atoms. The Balaban J connectivity index is 2.53. The van der Waals surface area contributed by atoms with E-state index in [0.717, 1.165) is 27.8 Å². The minimum absolute atomic E-state index is 0.535. The smallest absolute Gasteiger partial charge is 0.105 e. The summed E-state index contributed by atoms with van der Waals surface area (Å²) in [5.41, 5.74) is 6.71. The summed E-state index contributed by atoms with van der Waals surface area (Å²) < 4.78 is 0. The van der Waals surface area contributed by atoms with Crippen molar-refractivity contribution in [2.24, 2.45) is 0 Å². The summed E-state index contributed by atoms with van der Waals surface area (Å²) in [6.45, 7) is 8.26. The van der Waals surface area contributed by atoms with Crippen molar-refractivity contribution in [2.75, 3.05) is 0 Å². The van der Waals surface area contributed by atoms with Crippen LogP contribution < -0.4 is 0 Å². The van der Waals surface area contributed by atoms with Crippen LogP contribution in [0.15, 0.2) is 36.4 Å². The van der Waals surface area contributed by atoms with E-state index in [1.54, 1.807) is 0 Å². The van der Waals surface area contributed by atoms with Crippen LogP contribution in [0.3, 0.4) is 0 Å². The van der Waals surface area contributed by atoms with Crippen LogP contribution in [0.4, 0.5) is 0 Å². The summed E-state index contributed by atoms with van der Waals surface area (Å²) >= 11 is 0. The molecule has 0 aliphatic heterocycles. The van der Waals surface area contributed by atoms with Crippen LogP contribution in [0.25, 0.3) is 0 Å². The topological polar surface area (TPSA) is 20.2 Å². The van der Waals surface area contributed by atoms with Crippen LogP contribution in [-0.4, -0.2) is 5.11 Å². The predicted octanol–water partition coefficient (Wildman–Crippen LogP) is 4.00. The fraction of sp³-hybridized carbons (Fsp3) is 0.294. The normalized spacial score (nSPS) is 12.5. The molecule has 1 N–H and O–H groups in total. The maximum Gasteiger partial charge on any atom is 0.105 e. The average Bonchev–Trinajstić information content (AvgIpc) is 2.27. The number of rotatable bonds is 2. The highest BCUT2D eigenvalue weighted by Crippen LogP contribution is 2.30. The third kappa shape index (κ3) is 2.32. The van der Waals surface area contributed by atoms with E-state index in [9.17, 15) is 5.11 Å². The summed E-state index contributed by atoms with van der Waals surface area (Å²) in [6, 6.07) is 12.3. The van der Waals surface area contributed by atoms with E-state index >= 15 is 0 Å². The second kappa shape index (κ2) is 4.95. The summed E-state index contributed by atoms with van der Waals surface area (Å²) in [4.78, 5) is 0. The highest BCUT2D eigenvalue weighted by Gasteiger charge is 2.17. The fourth-order valence-electron chi connectivity index (χ4n) is 2.67. The zero-order valence-corrected chi connectivity index (χ0v) is 11.5. The number of aliphatic hydroxyl groups is 1. The third-order valence-corrected chi connectivity index (χ3v) is 3.49. The van der Waals surface area contributed by atoms with E-state index in [4.69, 9.17) is 0 Å². The molecule has 0 radical (unpaired) electrons. The standard InChI is InChI=1S/C17H20O/c1-11-9-13(3)16(14(4)10-11)17(18)15-8-6-5-7-12(15)2/h5-10,17-18H,1-4H3/t17-/m0/s1. The lowest BCUT2D eigenvalue weighted by Crippen LogP contribution is -2.06. The van der Waals surface area contributed by atoms with Gasteiger partial charge in [-0.1, -0.05) is 42.0 Å². The third-order valence-electron chi connectivity index (χ3n) is 3.49. The minimum Gasteiger partial charge on any atom is -0.384 e. The van der Waals surface area contributed by atoms with Crippen molar-refractivity contribution in [2.45, 2.75) is 33.8 Å². The van der Waals surface area contributed by atoms with Gasteiger partial charge < -0.3 is 5.11 Å². The van der Waals surface area contributed by atoms with E-state index in [-0.39, 0.29) is 0 Å². The Morgan fingerprint density at radius 2 is 1.39 bits per heavy atom. The molecule has 2 aromatic rings. The average molecular weight is 240 g/mol. The van der Waals surface area contributed by atoms with Gasteiger partial charge in [0.05, 0.1) is 0 Å². The van der Waals surface area contributed by atoms with Crippen LogP contribution >= 0.6 is 0 Å². The zero-order valence-electron chi connectivity index (χ0n) is 11.5. The Morgan fingerprint density at radius 1 is 0.833 bits per heavy atom. The first kappa shape index (κ1) is 12.8. The van der Waals surface area contributed by atoms with Gasteiger partial charge in [0.15, 0.2) is 0 Å². The van der Waals surface area contributed by atoms with Gasteiger partial charge in [-0.05, 0) is 55.5 Å². The molecular weight excluding hydrogens is 220 g/mol. The predicted molar refractivity (Wildman–Crippen MR) is 75.9 cm³/mol. The lowest BCUT2D eigenvalue weighted by Gasteiger charge is -2.19. The first-order valence-electron chi connectivity index (χ1n) is 6.32. The SMILES string of the molecule is Cc1cc(C)c([C@@H](O)c2ccccc2C)c(C)c1. The summed E-state index contributed by atoms with van der Waals surface area (Å²) in [7, 11) is 0. The molecule has 0 bridgehead atoms. The fourth-order valence-corrected chi connectivity index (χ4v) is 2.67. The molecule has 0 amide bonds. The van der Waals surface area contributed by atoms with Crippen molar-refractivity contribution in [1.82, 2.24) is 0 Å². The monoisotopic (exact) mass is 240 g/mol. The molecule has 2 aromatic carbocycles. The van der Waals surface area contributed by atoms with Gasteiger partial charge in [0.25, 0.3) is 0 Å². The largest absolute Gasteiger partial charge is 0.384 e. The summed E-state index contributed by atoms with van der Waals surface area (Å²) in [5.74, 6) is 0. The molecule has 0 aromatic heterocycles. The molecule has 0 unspecified atom stereocenters. The molecule has 1 heteroatoms. The van der Waals surface area contributed by atoms with Gasteiger partial charge in [-0.15, -0.1) is 0 Å². The van der Waals surface area contributed by atoms with Gasteiger partial charge in [0.2, 0.25) is 0 Å². The number of benzene rings is 2. The van der Waals surface area contributed by atoms with Crippen molar-refractivity contribution in [3.8, 4) is 0 Å².